The number of allylic oxidation sites excluding steroid dienone is 1. The van der Waals surface area contributed by atoms with Gasteiger partial charge in [-0.25, -0.2) is 4.98 Å². The van der Waals surface area contributed by atoms with Crippen LogP contribution in [0, 0.1) is 17.0 Å². The molecule has 0 aliphatic rings. The first-order valence-corrected chi connectivity index (χ1v) is 6.98. The molecule has 5 nitrogen and oxygen atoms in total. The van der Waals surface area contributed by atoms with Gasteiger partial charge in [-0.3, -0.25) is 10.1 Å². The van der Waals surface area contributed by atoms with Gasteiger partial charge in [-0.1, -0.05) is 11.6 Å². The van der Waals surface area contributed by atoms with Crippen LogP contribution < -0.4 is 4.74 Å². The third-order valence-corrected chi connectivity index (χ3v) is 3.18. The highest BCUT2D eigenvalue weighted by Crippen LogP contribution is 2.28. The molecule has 0 atom stereocenters. The van der Waals surface area contributed by atoms with Crippen LogP contribution in [0.4, 0.5) is 5.69 Å². The van der Waals surface area contributed by atoms with Crippen molar-refractivity contribution < 1.29 is 9.66 Å². The molecular formula is C17H18N2O3. The smallest absolute Gasteiger partial charge is 0.272 e. The van der Waals surface area contributed by atoms with E-state index in [0.29, 0.717) is 30.0 Å². The third-order valence-electron chi connectivity index (χ3n) is 3.18. The van der Waals surface area contributed by atoms with E-state index < -0.39 is 0 Å². The summed E-state index contributed by atoms with van der Waals surface area (Å²) < 4.78 is 5.66. The summed E-state index contributed by atoms with van der Waals surface area (Å²) in [5.41, 5.74) is 2.77. The number of nitrogens with zero attached hydrogens (tertiary/aromatic N) is 2. The Morgan fingerprint density at radius 2 is 2.14 bits per heavy atom. The summed E-state index contributed by atoms with van der Waals surface area (Å²) in [5, 5.41) is 11.1. The second-order valence-corrected chi connectivity index (χ2v) is 5.28. The van der Waals surface area contributed by atoms with Crippen LogP contribution in [0.3, 0.4) is 0 Å². The maximum Gasteiger partial charge on any atom is 0.272 e. The van der Waals surface area contributed by atoms with E-state index >= 15 is 0 Å². The van der Waals surface area contributed by atoms with E-state index in [1.807, 2.05) is 19.9 Å². The van der Waals surface area contributed by atoms with Gasteiger partial charge in [-0.05, 0) is 44.4 Å². The second kappa shape index (κ2) is 6.85. The molecular weight excluding hydrogens is 280 g/mol. The Hall–Kier alpha value is -2.69. The zero-order valence-corrected chi connectivity index (χ0v) is 12.7. The molecule has 0 radical (unpaired) electrons. The zero-order valence-electron chi connectivity index (χ0n) is 12.7. The highest BCUT2D eigenvalue weighted by Gasteiger charge is 2.15. The number of nitro benzene ring substituents is 1. The minimum atomic E-state index is -0.373. The first-order valence-electron chi connectivity index (χ1n) is 6.98. The average molecular weight is 298 g/mol. The molecule has 5 heteroatoms. The molecule has 0 fully saturated rings. The van der Waals surface area contributed by atoms with E-state index in [1.54, 1.807) is 24.4 Å². The number of hydrogen-bond donors (Lipinski definition) is 0. The number of ether oxygens (including phenoxy) is 1. The van der Waals surface area contributed by atoms with Gasteiger partial charge in [0, 0.05) is 23.9 Å². The molecule has 0 saturated heterocycles. The van der Waals surface area contributed by atoms with Crippen LogP contribution >= 0.6 is 0 Å². The summed E-state index contributed by atoms with van der Waals surface area (Å²) in [6.07, 6.45) is 2.97. The molecule has 0 N–H and O–H groups in total. The van der Waals surface area contributed by atoms with Crippen LogP contribution in [-0.4, -0.2) is 9.91 Å². The van der Waals surface area contributed by atoms with Gasteiger partial charge in [-0.2, -0.15) is 0 Å². The minimum absolute atomic E-state index is 0.102. The van der Waals surface area contributed by atoms with Crippen molar-refractivity contribution in [3.8, 4) is 11.6 Å². The van der Waals surface area contributed by atoms with Crippen molar-refractivity contribution in [1.29, 1.82) is 0 Å². The number of benzene rings is 1. The summed E-state index contributed by atoms with van der Waals surface area (Å²) in [6, 6.07) is 8.42. The van der Waals surface area contributed by atoms with Gasteiger partial charge in [0.05, 0.1) is 4.92 Å². The van der Waals surface area contributed by atoms with Crippen LogP contribution in [0.25, 0.3) is 0 Å². The highest BCUT2D eigenvalue weighted by atomic mass is 16.6. The van der Waals surface area contributed by atoms with Gasteiger partial charge in [0.15, 0.2) is 0 Å². The fraction of sp³-hybridized carbons (Fsp3) is 0.235. The number of aryl methyl sites for hydroxylation is 2. The van der Waals surface area contributed by atoms with Gasteiger partial charge < -0.3 is 4.74 Å². The summed E-state index contributed by atoms with van der Waals surface area (Å²) in [7, 11) is 0. The van der Waals surface area contributed by atoms with Gasteiger partial charge in [-0.15, -0.1) is 6.58 Å². The lowest BCUT2D eigenvalue weighted by atomic mass is 10.0. The number of aromatic nitrogens is 1. The number of hydrogen-bond acceptors (Lipinski definition) is 4. The number of nitro groups is 1. The molecule has 114 valence electrons. The van der Waals surface area contributed by atoms with Crippen LogP contribution in [0.5, 0.6) is 11.6 Å². The summed E-state index contributed by atoms with van der Waals surface area (Å²) in [6.45, 7) is 7.68. The molecule has 0 aliphatic heterocycles. The molecule has 0 aliphatic carbocycles. The van der Waals surface area contributed by atoms with Gasteiger partial charge in [0.1, 0.15) is 5.75 Å². The molecule has 2 aromatic rings. The Morgan fingerprint density at radius 3 is 2.73 bits per heavy atom. The first-order chi connectivity index (χ1) is 10.5. The summed E-state index contributed by atoms with van der Waals surface area (Å²) in [4.78, 5) is 14.9. The molecule has 0 saturated carbocycles. The van der Waals surface area contributed by atoms with Crippen LogP contribution in [0.15, 0.2) is 48.7 Å². The largest absolute Gasteiger partial charge is 0.439 e. The standard InChI is InChI=1S/C17H18N2O3/c1-12(2)4-6-14-10-15(7-8-16(14)19(20)21)22-17-9-5-13(3)11-18-17/h5,7-11H,1,4,6H2,2-3H3. The van der Waals surface area contributed by atoms with E-state index in [9.17, 15) is 10.1 Å². The predicted octanol–water partition coefficient (Wildman–Crippen LogP) is 4.60. The lowest BCUT2D eigenvalue weighted by molar-refractivity contribution is -0.385. The molecule has 1 heterocycles. The number of rotatable bonds is 6. The zero-order chi connectivity index (χ0) is 16.1. The van der Waals surface area contributed by atoms with Crippen molar-refractivity contribution in [2.24, 2.45) is 0 Å². The monoisotopic (exact) mass is 298 g/mol. The first kappa shape index (κ1) is 15.7. The Labute approximate surface area is 129 Å². The van der Waals surface area contributed by atoms with Crippen molar-refractivity contribution in [2.45, 2.75) is 26.7 Å². The van der Waals surface area contributed by atoms with Crippen molar-refractivity contribution in [3.05, 3.63) is 69.9 Å². The Kier molecular flexibility index (Phi) is 4.88. The molecule has 0 spiro atoms. The Bertz CT molecular complexity index is 694. The normalized spacial score (nSPS) is 10.3. The quantitative estimate of drug-likeness (QED) is 0.444. The maximum absolute atomic E-state index is 11.1. The fourth-order valence-corrected chi connectivity index (χ4v) is 1.99. The minimum Gasteiger partial charge on any atom is -0.439 e. The summed E-state index contributed by atoms with van der Waals surface area (Å²) in [5.74, 6) is 1.00. The third kappa shape index (κ3) is 4.15. The van der Waals surface area contributed by atoms with Gasteiger partial charge >= 0.3 is 0 Å². The predicted molar refractivity (Wildman–Crippen MR) is 85.3 cm³/mol. The van der Waals surface area contributed by atoms with E-state index in [0.717, 1.165) is 11.1 Å². The van der Waals surface area contributed by atoms with Gasteiger partial charge in [0.2, 0.25) is 5.88 Å². The maximum atomic E-state index is 11.1. The Balaban J connectivity index is 2.25. The average Bonchev–Trinajstić information content (AvgIpc) is 2.47. The second-order valence-electron chi connectivity index (χ2n) is 5.28. The van der Waals surface area contributed by atoms with E-state index in [-0.39, 0.29) is 10.6 Å². The van der Waals surface area contributed by atoms with E-state index in [4.69, 9.17) is 4.74 Å². The van der Waals surface area contributed by atoms with E-state index in [1.165, 1.54) is 6.07 Å². The molecule has 0 unspecified atom stereocenters. The van der Waals surface area contributed by atoms with Crippen molar-refractivity contribution in [2.75, 3.05) is 0 Å². The van der Waals surface area contributed by atoms with E-state index in [2.05, 4.69) is 11.6 Å². The van der Waals surface area contributed by atoms with Crippen LogP contribution in [-0.2, 0) is 6.42 Å². The lowest BCUT2D eigenvalue weighted by Crippen LogP contribution is -1.97. The SMILES string of the molecule is C=C(C)CCc1cc(Oc2ccc(C)cn2)ccc1[N+](=O)[O-]. The lowest BCUT2D eigenvalue weighted by Gasteiger charge is -2.08. The number of pyridine rings is 1. The summed E-state index contributed by atoms with van der Waals surface area (Å²) >= 11 is 0. The van der Waals surface area contributed by atoms with Crippen molar-refractivity contribution in [3.63, 3.8) is 0 Å². The fourth-order valence-electron chi connectivity index (χ4n) is 1.99. The molecule has 22 heavy (non-hydrogen) atoms. The highest BCUT2D eigenvalue weighted by molar-refractivity contribution is 5.46. The van der Waals surface area contributed by atoms with Crippen molar-refractivity contribution >= 4 is 5.69 Å². The van der Waals surface area contributed by atoms with Crippen LogP contribution in [0.1, 0.15) is 24.5 Å². The molecule has 0 bridgehead atoms. The van der Waals surface area contributed by atoms with Crippen LogP contribution in [0.2, 0.25) is 0 Å². The molecule has 1 aromatic heterocycles. The Morgan fingerprint density at radius 1 is 1.36 bits per heavy atom. The van der Waals surface area contributed by atoms with Gasteiger partial charge in [0.25, 0.3) is 5.69 Å². The molecule has 1 aromatic carbocycles. The van der Waals surface area contributed by atoms with Crippen molar-refractivity contribution in [1.82, 2.24) is 4.98 Å². The topological polar surface area (TPSA) is 65.3 Å². The molecule has 2 rings (SSSR count). The molecule has 0 amide bonds.